The maximum absolute atomic E-state index is 12.8. The van der Waals surface area contributed by atoms with Crippen molar-refractivity contribution in [3.8, 4) is 5.75 Å². The molecule has 4 rings (SSSR count). The molecule has 7 nitrogen and oxygen atoms in total. The van der Waals surface area contributed by atoms with Gasteiger partial charge in [0, 0.05) is 12.3 Å². The molecule has 156 valence electrons. The molecule has 3 N–H and O–H groups in total. The maximum Gasteiger partial charge on any atom is 0.322 e. The number of urea groups is 1. The monoisotopic (exact) mass is 407 g/mol. The van der Waals surface area contributed by atoms with Gasteiger partial charge in [0.15, 0.2) is 0 Å². The average Bonchev–Trinajstić information content (AvgIpc) is 3.03. The Kier molecular flexibility index (Phi) is 5.70. The lowest BCUT2D eigenvalue weighted by Gasteiger charge is -2.33. The molecule has 1 heterocycles. The van der Waals surface area contributed by atoms with Crippen LogP contribution in [0.3, 0.4) is 0 Å². The third-order valence-corrected chi connectivity index (χ3v) is 5.86. The van der Waals surface area contributed by atoms with Crippen molar-refractivity contribution in [2.75, 3.05) is 11.9 Å². The van der Waals surface area contributed by atoms with Crippen molar-refractivity contribution < 1.29 is 19.1 Å². The normalized spacial score (nSPS) is 23.0. The number of hydrogen-bond acceptors (Lipinski definition) is 4. The van der Waals surface area contributed by atoms with Gasteiger partial charge in [-0.15, -0.1) is 0 Å². The van der Waals surface area contributed by atoms with Crippen LogP contribution in [-0.2, 0) is 16.0 Å². The van der Waals surface area contributed by atoms with Gasteiger partial charge in [0.1, 0.15) is 11.3 Å². The molecule has 2 fully saturated rings. The van der Waals surface area contributed by atoms with Gasteiger partial charge in [0.25, 0.3) is 5.91 Å². The largest absolute Gasteiger partial charge is 0.491 e. The lowest BCUT2D eigenvalue weighted by atomic mass is 9.76. The molecule has 0 unspecified atom stereocenters. The number of benzene rings is 2. The van der Waals surface area contributed by atoms with E-state index in [1.165, 1.54) is 5.56 Å². The molecule has 1 saturated carbocycles. The average molecular weight is 407 g/mol. The minimum atomic E-state index is -0.855. The van der Waals surface area contributed by atoms with Gasteiger partial charge in [-0.2, -0.15) is 0 Å². The highest BCUT2D eigenvalue weighted by Crippen LogP contribution is 2.35. The number of hydrogen-bond donors (Lipinski definition) is 3. The number of rotatable bonds is 6. The van der Waals surface area contributed by atoms with Gasteiger partial charge < -0.3 is 15.4 Å². The van der Waals surface area contributed by atoms with Crippen molar-refractivity contribution in [3.05, 3.63) is 60.2 Å². The summed E-state index contributed by atoms with van der Waals surface area (Å²) in [5.74, 6) is 0.0482. The molecular formula is C23H25N3O4. The van der Waals surface area contributed by atoms with Crippen LogP contribution >= 0.6 is 0 Å². The van der Waals surface area contributed by atoms with E-state index in [1.807, 2.05) is 42.5 Å². The Balaban J connectivity index is 1.33. The van der Waals surface area contributed by atoms with E-state index < -0.39 is 11.6 Å². The van der Waals surface area contributed by atoms with Gasteiger partial charge in [0.2, 0.25) is 5.91 Å². The molecule has 4 amide bonds. The van der Waals surface area contributed by atoms with Gasteiger partial charge in [-0.1, -0.05) is 42.5 Å². The van der Waals surface area contributed by atoms with Crippen LogP contribution in [0.25, 0.3) is 0 Å². The first-order valence-corrected chi connectivity index (χ1v) is 10.3. The number of nitrogens with one attached hydrogen (secondary N) is 3. The summed E-state index contributed by atoms with van der Waals surface area (Å²) in [6.07, 6.45) is 2.77. The van der Waals surface area contributed by atoms with E-state index in [-0.39, 0.29) is 17.7 Å². The van der Waals surface area contributed by atoms with Crippen molar-refractivity contribution in [1.82, 2.24) is 10.6 Å². The van der Waals surface area contributed by atoms with E-state index in [1.54, 1.807) is 0 Å². The van der Waals surface area contributed by atoms with E-state index in [9.17, 15) is 14.4 Å². The fraction of sp³-hybridized carbons (Fsp3) is 0.348. The van der Waals surface area contributed by atoms with Gasteiger partial charge in [-0.3, -0.25) is 14.9 Å². The van der Waals surface area contributed by atoms with Gasteiger partial charge in [-0.05, 0) is 43.4 Å². The molecule has 0 aromatic heterocycles. The fourth-order valence-electron chi connectivity index (χ4n) is 4.11. The van der Waals surface area contributed by atoms with Crippen LogP contribution in [0.5, 0.6) is 5.75 Å². The van der Waals surface area contributed by atoms with Gasteiger partial charge in [0.05, 0.1) is 12.3 Å². The lowest BCUT2D eigenvalue weighted by molar-refractivity contribution is -0.128. The first-order chi connectivity index (χ1) is 14.6. The summed E-state index contributed by atoms with van der Waals surface area (Å²) in [5.41, 5.74) is 0.979. The van der Waals surface area contributed by atoms with Crippen LogP contribution in [0.1, 0.15) is 31.2 Å². The highest BCUT2D eigenvalue weighted by Gasteiger charge is 2.48. The molecule has 1 spiro atoms. The molecule has 1 aliphatic carbocycles. The standard InChI is InChI=1S/C23H25N3O4/c27-20(17-10-13-23(14-11-17)21(28)25-22(29)26-23)24-18-8-4-5-9-19(18)30-15-12-16-6-2-1-3-7-16/h1-9,17H,10-15H2,(H,24,27)(H2,25,26,28,29). The molecule has 30 heavy (non-hydrogen) atoms. The smallest absolute Gasteiger partial charge is 0.322 e. The van der Waals surface area contributed by atoms with E-state index in [4.69, 9.17) is 4.74 Å². The number of imide groups is 1. The highest BCUT2D eigenvalue weighted by molar-refractivity contribution is 6.07. The number of para-hydroxylation sites is 2. The molecule has 1 saturated heterocycles. The predicted molar refractivity (Wildman–Crippen MR) is 112 cm³/mol. The molecule has 0 bridgehead atoms. The van der Waals surface area contributed by atoms with Gasteiger partial charge >= 0.3 is 6.03 Å². The van der Waals surface area contributed by atoms with Crippen molar-refractivity contribution >= 4 is 23.5 Å². The summed E-state index contributed by atoms with van der Waals surface area (Å²) in [5, 5.41) is 7.99. The van der Waals surface area contributed by atoms with Crippen LogP contribution in [-0.4, -0.2) is 30.0 Å². The first-order valence-electron chi connectivity index (χ1n) is 10.3. The molecule has 1 aliphatic heterocycles. The zero-order valence-corrected chi connectivity index (χ0v) is 16.6. The molecule has 2 aromatic carbocycles. The van der Waals surface area contributed by atoms with Crippen LogP contribution in [0.2, 0.25) is 0 Å². The van der Waals surface area contributed by atoms with Crippen LogP contribution in [0.4, 0.5) is 10.5 Å². The molecular weight excluding hydrogens is 382 g/mol. The second kappa shape index (κ2) is 8.57. The molecule has 2 aromatic rings. The number of ether oxygens (including phenoxy) is 1. The molecule has 0 radical (unpaired) electrons. The van der Waals surface area contributed by atoms with Crippen molar-refractivity contribution in [3.63, 3.8) is 0 Å². The van der Waals surface area contributed by atoms with Crippen LogP contribution < -0.4 is 20.7 Å². The van der Waals surface area contributed by atoms with Crippen molar-refractivity contribution in [2.24, 2.45) is 5.92 Å². The van der Waals surface area contributed by atoms with Crippen molar-refractivity contribution in [2.45, 2.75) is 37.6 Å². The molecule has 7 heteroatoms. The van der Waals surface area contributed by atoms with Crippen LogP contribution in [0, 0.1) is 5.92 Å². The van der Waals surface area contributed by atoms with Gasteiger partial charge in [-0.25, -0.2) is 4.79 Å². The van der Waals surface area contributed by atoms with E-state index in [2.05, 4.69) is 28.1 Å². The van der Waals surface area contributed by atoms with E-state index in [0.717, 1.165) is 6.42 Å². The third-order valence-electron chi connectivity index (χ3n) is 5.86. The first kappa shape index (κ1) is 19.9. The maximum atomic E-state index is 12.8. The second-order valence-electron chi connectivity index (χ2n) is 7.83. The van der Waals surface area contributed by atoms with Crippen LogP contribution in [0.15, 0.2) is 54.6 Å². The summed E-state index contributed by atoms with van der Waals surface area (Å²) >= 11 is 0. The fourth-order valence-corrected chi connectivity index (χ4v) is 4.11. The third kappa shape index (κ3) is 4.30. The summed E-state index contributed by atoms with van der Waals surface area (Å²) in [7, 11) is 0. The number of carbonyl (C=O) groups excluding carboxylic acids is 3. The number of amides is 4. The molecule has 2 aliphatic rings. The lowest BCUT2D eigenvalue weighted by Crippen LogP contribution is -2.50. The summed E-state index contributed by atoms with van der Waals surface area (Å²) in [6.45, 7) is 0.512. The highest BCUT2D eigenvalue weighted by atomic mass is 16.5. The van der Waals surface area contributed by atoms with E-state index >= 15 is 0 Å². The Morgan fingerprint density at radius 2 is 1.73 bits per heavy atom. The quantitative estimate of drug-likeness (QED) is 0.642. The Bertz CT molecular complexity index is 936. The minimum absolute atomic E-state index is 0.0892. The number of carbonyl (C=O) groups is 3. The summed E-state index contributed by atoms with van der Waals surface area (Å²) in [4.78, 5) is 36.3. The Morgan fingerprint density at radius 1 is 1.03 bits per heavy atom. The zero-order chi connectivity index (χ0) is 21.0. The second-order valence-corrected chi connectivity index (χ2v) is 7.83. The minimum Gasteiger partial charge on any atom is -0.491 e. The van der Waals surface area contributed by atoms with Crippen molar-refractivity contribution in [1.29, 1.82) is 0 Å². The van der Waals surface area contributed by atoms with E-state index in [0.29, 0.717) is 43.7 Å². The Hall–Kier alpha value is -3.35. The molecule has 0 atom stereocenters. The number of anilines is 1. The summed E-state index contributed by atoms with van der Waals surface area (Å²) < 4.78 is 5.92. The zero-order valence-electron chi connectivity index (χ0n) is 16.6. The summed E-state index contributed by atoms with van der Waals surface area (Å²) in [6, 6.07) is 17.0. The SMILES string of the molecule is O=C1NC(=O)C2(CCC(C(=O)Nc3ccccc3OCCc3ccccc3)CC2)N1. The Labute approximate surface area is 175 Å². The predicted octanol–water partition coefficient (Wildman–Crippen LogP) is 3.02. The topological polar surface area (TPSA) is 96.5 Å². The Morgan fingerprint density at radius 3 is 2.43 bits per heavy atom.